The summed E-state index contributed by atoms with van der Waals surface area (Å²) >= 11 is 3.23. The van der Waals surface area contributed by atoms with E-state index in [1.165, 1.54) is 27.8 Å². The molecule has 2 unspecified atom stereocenters. The molecular weight excluding hydrogens is 635 g/mol. The number of unbranched alkanes of at least 4 members (excludes halogenated alkanes) is 2. The Balaban J connectivity index is 1.45. The van der Waals surface area contributed by atoms with Crippen molar-refractivity contribution < 1.29 is 45.6 Å². The molecular formula is C33H45F5O5S2. The molecule has 0 spiro atoms. The molecule has 0 radical (unpaired) electrons. The first-order valence-electron chi connectivity index (χ1n) is 15.2. The van der Waals surface area contributed by atoms with Gasteiger partial charge in [0.05, 0.1) is 0 Å². The fourth-order valence-corrected chi connectivity index (χ4v) is 7.64. The third-order valence-electron chi connectivity index (χ3n) is 7.91. The fourth-order valence-electron chi connectivity index (χ4n) is 5.37. The third-order valence-corrected chi connectivity index (χ3v) is 10.5. The normalized spacial score (nSPS) is 18.5. The number of rotatable bonds is 21. The van der Waals surface area contributed by atoms with Gasteiger partial charge in [0, 0.05) is 49.9 Å². The molecule has 45 heavy (non-hydrogen) atoms. The van der Waals surface area contributed by atoms with Gasteiger partial charge in [-0.05, 0) is 78.5 Å². The SMILES string of the molecule is COCOc1ccc(C2(C)CSc3cc(OCOC)ccc3C2CCCCCOCCCSCCCC(F)(F)C(F)(F)F)cc1. The van der Waals surface area contributed by atoms with Gasteiger partial charge in [0.1, 0.15) is 11.5 Å². The van der Waals surface area contributed by atoms with Gasteiger partial charge < -0.3 is 23.7 Å². The molecule has 2 aromatic rings. The maximum atomic E-state index is 12.9. The number of methoxy groups -OCH3 is 2. The highest BCUT2D eigenvalue weighted by molar-refractivity contribution is 7.99. The lowest BCUT2D eigenvalue weighted by Crippen LogP contribution is -2.36. The van der Waals surface area contributed by atoms with E-state index >= 15 is 0 Å². The molecule has 0 saturated heterocycles. The van der Waals surface area contributed by atoms with Crippen LogP contribution in [0.25, 0.3) is 0 Å². The van der Waals surface area contributed by atoms with Gasteiger partial charge in [-0.2, -0.15) is 33.7 Å². The number of thioether (sulfide) groups is 2. The van der Waals surface area contributed by atoms with E-state index in [9.17, 15) is 22.0 Å². The van der Waals surface area contributed by atoms with Crippen molar-refractivity contribution in [2.45, 2.75) is 80.2 Å². The van der Waals surface area contributed by atoms with Crippen LogP contribution in [0.2, 0.25) is 0 Å². The molecule has 0 saturated carbocycles. The average Bonchev–Trinajstić information content (AvgIpc) is 3.01. The highest BCUT2D eigenvalue weighted by Crippen LogP contribution is 2.52. The van der Waals surface area contributed by atoms with E-state index in [1.54, 1.807) is 14.2 Å². The molecule has 2 atom stereocenters. The van der Waals surface area contributed by atoms with Crippen LogP contribution >= 0.6 is 23.5 Å². The maximum Gasteiger partial charge on any atom is 0.453 e. The molecule has 5 nitrogen and oxygen atoms in total. The minimum Gasteiger partial charge on any atom is -0.468 e. The second kappa shape index (κ2) is 18.6. The monoisotopic (exact) mass is 680 g/mol. The van der Waals surface area contributed by atoms with Gasteiger partial charge in [0.25, 0.3) is 0 Å². The molecule has 0 aromatic heterocycles. The molecule has 0 bridgehead atoms. The van der Waals surface area contributed by atoms with Crippen molar-refractivity contribution in [1.82, 2.24) is 0 Å². The van der Waals surface area contributed by atoms with Gasteiger partial charge in [0.15, 0.2) is 13.6 Å². The number of alkyl halides is 5. The van der Waals surface area contributed by atoms with Crippen LogP contribution < -0.4 is 9.47 Å². The summed E-state index contributed by atoms with van der Waals surface area (Å²) < 4.78 is 89.7. The minimum absolute atomic E-state index is 0.0802. The molecule has 0 amide bonds. The zero-order valence-electron chi connectivity index (χ0n) is 26.3. The zero-order valence-corrected chi connectivity index (χ0v) is 27.9. The van der Waals surface area contributed by atoms with E-state index in [-0.39, 0.29) is 31.2 Å². The van der Waals surface area contributed by atoms with Crippen LogP contribution in [0.5, 0.6) is 11.5 Å². The molecule has 1 aliphatic heterocycles. The summed E-state index contributed by atoms with van der Waals surface area (Å²) in [5.74, 6) is -0.847. The minimum atomic E-state index is -5.47. The molecule has 12 heteroatoms. The van der Waals surface area contributed by atoms with E-state index in [4.69, 9.17) is 23.7 Å². The molecule has 0 aliphatic carbocycles. The Morgan fingerprint density at radius 3 is 2.16 bits per heavy atom. The molecule has 1 heterocycles. The number of benzene rings is 2. The molecule has 0 fully saturated rings. The lowest BCUT2D eigenvalue weighted by Gasteiger charge is -2.43. The topological polar surface area (TPSA) is 46.2 Å². The van der Waals surface area contributed by atoms with Gasteiger partial charge in [-0.25, -0.2) is 0 Å². The van der Waals surface area contributed by atoms with Crippen LogP contribution in [0.4, 0.5) is 22.0 Å². The quantitative estimate of drug-likeness (QED) is 0.0740. The van der Waals surface area contributed by atoms with Crippen molar-refractivity contribution in [1.29, 1.82) is 0 Å². The largest absolute Gasteiger partial charge is 0.468 e. The lowest BCUT2D eigenvalue weighted by molar-refractivity contribution is -0.284. The third kappa shape index (κ3) is 11.5. The standard InChI is InChI=1S/C33H45F5O5S2/c1-31(25-10-12-26(13-11-25)42-23-39-2)22-45-30-21-27(43-24-40-3)14-15-28(30)29(31)9-5-4-6-17-41-18-8-20-44-19-7-16-32(34,35)33(36,37)38/h10-15,21,29H,4-9,16-20,22-24H2,1-3H3. The van der Waals surface area contributed by atoms with Gasteiger partial charge in [0.2, 0.25) is 0 Å². The highest BCUT2D eigenvalue weighted by Gasteiger charge is 2.56. The Hall–Kier alpha value is -1.73. The van der Waals surface area contributed by atoms with Gasteiger partial charge in [-0.1, -0.05) is 38.0 Å². The number of fused-ring (bicyclic) bond motifs is 1. The van der Waals surface area contributed by atoms with Crippen molar-refractivity contribution in [3.8, 4) is 11.5 Å². The summed E-state index contributed by atoms with van der Waals surface area (Å²) in [7, 11) is 3.20. The lowest BCUT2D eigenvalue weighted by atomic mass is 9.68. The Morgan fingerprint density at radius 1 is 0.822 bits per heavy atom. The smallest absolute Gasteiger partial charge is 0.453 e. The summed E-state index contributed by atoms with van der Waals surface area (Å²) in [5.41, 5.74) is 2.52. The van der Waals surface area contributed by atoms with E-state index < -0.39 is 18.5 Å². The predicted octanol–water partition coefficient (Wildman–Crippen LogP) is 9.48. The number of hydrogen-bond donors (Lipinski definition) is 0. The van der Waals surface area contributed by atoms with Crippen molar-refractivity contribution in [3.63, 3.8) is 0 Å². The Bertz CT molecular complexity index is 1140. The van der Waals surface area contributed by atoms with Crippen molar-refractivity contribution in [2.24, 2.45) is 0 Å². The fraction of sp³-hybridized carbons (Fsp3) is 0.636. The zero-order chi connectivity index (χ0) is 32.8. The molecule has 0 N–H and O–H groups in total. The van der Waals surface area contributed by atoms with Crippen LogP contribution in [-0.4, -0.2) is 70.4 Å². The predicted molar refractivity (Wildman–Crippen MR) is 170 cm³/mol. The van der Waals surface area contributed by atoms with Crippen molar-refractivity contribution >= 4 is 23.5 Å². The van der Waals surface area contributed by atoms with Crippen LogP contribution in [0.15, 0.2) is 47.4 Å². The van der Waals surface area contributed by atoms with Crippen molar-refractivity contribution in [3.05, 3.63) is 53.6 Å². The summed E-state index contributed by atoms with van der Waals surface area (Å²) in [4.78, 5) is 1.24. The second-order valence-corrected chi connectivity index (χ2v) is 13.6. The first kappa shape index (κ1) is 37.7. The van der Waals surface area contributed by atoms with Gasteiger partial charge in [-0.3, -0.25) is 0 Å². The summed E-state index contributed by atoms with van der Waals surface area (Å²) in [6, 6.07) is 14.6. The molecule has 254 valence electrons. The number of hydrogen-bond acceptors (Lipinski definition) is 7. The maximum absolute atomic E-state index is 12.9. The van der Waals surface area contributed by atoms with E-state index in [1.807, 2.05) is 30.0 Å². The molecule has 3 rings (SSSR count). The Kier molecular flexibility index (Phi) is 15.6. The van der Waals surface area contributed by atoms with Crippen LogP contribution in [0.3, 0.4) is 0 Å². The van der Waals surface area contributed by atoms with E-state index in [0.717, 1.165) is 49.4 Å². The van der Waals surface area contributed by atoms with Crippen LogP contribution in [0.1, 0.15) is 68.9 Å². The second-order valence-electron chi connectivity index (χ2n) is 11.3. The summed E-state index contributed by atoms with van der Waals surface area (Å²) in [5, 5.41) is 0. The van der Waals surface area contributed by atoms with E-state index in [2.05, 4.69) is 31.2 Å². The Labute approximate surface area is 272 Å². The number of ether oxygens (including phenoxy) is 5. The molecule has 1 aliphatic rings. The summed E-state index contributed by atoms with van der Waals surface area (Å²) in [6.45, 7) is 3.94. The average molecular weight is 681 g/mol. The molecule has 2 aromatic carbocycles. The van der Waals surface area contributed by atoms with E-state index in [0.29, 0.717) is 24.9 Å². The van der Waals surface area contributed by atoms with Gasteiger partial charge >= 0.3 is 12.1 Å². The summed E-state index contributed by atoms with van der Waals surface area (Å²) in [6.07, 6.45) is -2.04. The first-order chi connectivity index (χ1) is 21.5. The number of halogens is 5. The van der Waals surface area contributed by atoms with Crippen LogP contribution in [-0.2, 0) is 19.6 Å². The highest BCUT2D eigenvalue weighted by atomic mass is 32.2. The first-order valence-corrected chi connectivity index (χ1v) is 17.4. The Morgan fingerprint density at radius 2 is 1.47 bits per heavy atom. The van der Waals surface area contributed by atoms with Crippen molar-refractivity contribution in [2.75, 3.05) is 58.3 Å². The van der Waals surface area contributed by atoms with Gasteiger partial charge in [-0.15, -0.1) is 11.8 Å². The van der Waals surface area contributed by atoms with Crippen LogP contribution in [0, 0.1) is 0 Å².